The Kier molecular flexibility index (Phi) is 14.4. The molecule has 4 nitrogen and oxygen atoms in total. The summed E-state index contributed by atoms with van der Waals surface area (Å²) in [5.74, 6) is 0. The van der Waals surface area contributed by atoms with Crippen LogP contribution >= 0.6 is 11.8 Å². The molecule has 1 aliphatic heterocycles. The summed E-state index contributed by atoms with van der Waals surface area (Å²) in [5, 5.41) is 9.63. The average Bonchev–Trinajstić information content (AvgIpc) is 3.38. The number of fused-ring (bicyclic) bond motifs is 3. The molecule has 1 aliphatic rings. The molecule has 0 saturated heterocycles. The Labute approximate surface area is 273 Å². The Bertz CT molecular complexity index is 1710. The molecule has 4 aromatic rings. The molecule has 0 amide bonds. The van der Waals surface area contributed by atoms with Gasteiger partial charge in [0, 0.05) is 40.3 Å². The molecule has 5 rings (SSSR count). The van der Waals surface area contributed by atoms with Crippen LogP contribution in [0.25, 0.3) is 21.8 Å². The first-order valence-electron chi connectivity index (χ1n) is 15.4. The van der Waals surface area contributed by atoms with Gasteiger partial charge in [0.2, 0.25) is 0 Å². The number of rotatable bonds is 11. The highest BCUT2D eigenvalue weighted by Crippen LogP contribution is 2.38. The molecule has 234 valence electrons. The third-order valence-corrected chi connectivity index (χ3v) is 8.74. The number of aromatic nitrogens is 1. The van der Waals surface area contributed by atoms with Gasteiger partial charge in [0.1, 0.15) is 13.9 Å². The fraction of sp³-hybridized carbons (Fsp3) is 0.250. The minimum atomic E-state index is 0.363. The van der Waals surface area contributed by atoms with Crippen LogP contribution < -0.4 is 0 Å². The van der Waals surface area contributed by atoms with Crippen molar-refractivity contribution in [3.63, 3.8) is 0 Å². The number of aryl methyl sites for hydroxylation is 2. The van der Waals surface area contributed by atoms with Crippen LogP contribution in [0.4, 0.5) is 0 Å². The molecule has 0 aliphatic carbocycles. The molecule has 3 aromatic carbocycles. The molecule has 1 unspecified atom stereocenters. The van der Waals surface area contributed by atoms with Crippen molar-refractivity contribution >= 4 is 46.1 Å². The quantitative estimate of drug-likeness (QED) is 0.0727. The molecule has 45 heavy (non-hydrogen) atoms. The lowest BCUT2D eigenvalue weighted by Gasteiger charge is -2.13. The predicted molar refractivity (Wildman–Crippen MR) is 197 cm³/mol. The largest absolute Gasteiger partial charge is 0.399 e. The number of oxime groups is 1. The second-order valence-corrected chi connectivity index (χ2v) is 11.9. The van der Waals surface area contributed by atoms with Crippen molar-refractivity contribution in [2.24, 2.45) is 5.16 Å². The van der Waals surface area contributed by atoms with E-state index in [1.54, 1.807) is 19.3 Å². The maximum absolute atomic E-state index is 8.00. The van der Waals surface area contributed by atoms with Crippen LogP contribution in [-0.2, 0) is 22.6 Å². The van der Waals surface area contributed by atoms with Crippen molar-refractivity contribution in [1.82, 2.24) is 4.57 Å². The Morgan fingerprint density at radius 1 is 1.00 bits per heavy atom. The highest BCUT2D eigenvalue weighted by Gasteiger charge is 2.16. The van der Waals surface area contributed by atoms with Crippen LogP contribution in [0.3, 0.4) is 0 Å². The lowest BCUT2D eigenvalue weighted by Crippen LogP contribution is -2.08. The number of unbranched alkanes of at least 4 members (excludes halogenated alkanes) is 2. The van der Waals surface area contributed by atoms with Crippen molar-refractivity contribution < 1.29 is 9.63 Å². The molecule has 0 fully saturated rings. The first kappa shape index (κ1) is 35.1. The molecule has 0 bridgehead atoms. The standard InChI is InChI=1S/C32H34N2OS.C7H10.CH2O/c1-4-5-9-18-34-30-16-14-24(21-29(33-35-3)26-12-7-6-11-23(26)2)20-27(30)28-22-25(15-17-31(28)34)32-13-8-10-19-36-32;1-4-6-7(3)5-2;1-2/h6-8,10-17,19-20,22,32H,4-5,9,18,21H2,1-3H3;4-6H,1-2H2,3H3;1H2/b33-29-;7-6-;. The van der Waals surface area contributed by atoms with Crippen LogP contribution in [0, 0.1) is 6.92 Å². The van der Waals surface area contributed by atoms with E-state index in [4.69, 9.17) is 9.63 Å². The smallest absolute Gasteiger partial charge is 0.106 e. The topological polar surface area (TPSA) is 43.6 Å². The number of allylic oxidation sites excluding steroid dienone is 6. The number of thioether (sulfide) groups is 1. The number of hydrogen-bond donors (Lipinski definition) is 0. The monoisotopic (exact) mass is 618 g/mol. The summed E-state index contributed by atoms with van der Waals surface area (Å²) < 4.78 is 2.52. The van der Waals surface area contributed by atoms with Crippen LogP contribution in [0.5, 0.6) is 0 Å². The van der Waals surface area contributed by atoms with E-state index in [9.17, 15) is 0 Å². The lowest BCUT2D eigenvalue weighted by molar-refractivity contribution is -0.0980. The van der Waals surface area contributed by atoms with Gasteiger partial charge in [-0.15, -0.1) is 11.8 Å². The summed E-state index contributed by atoms with van der Waals surface area (Å²) in [6.45, 7) is 16.5. The fourth-order valence-electron chi connectivity index (χ4n) is 5.42. The van der Waals surface area contributed by atoms with Crippen LogP contribution in [0.1, 0.15) is 60.6 Å². The van der Waals surface area contributed by atoms with Crippen molar-refractivity contribution in [1.29, 1.82) is 0 Å². The zero-order valence-corrected chi connectivity index (χ0v) is 28.0. The zero-order valence-electron chi connectivity index (χ0n) is 27.2. The van der Waals surface area contributed by atoms with Gasteiger partial charge in [0.15, 0.2) is 0 Å². The zero-order chi connectivity index (χ0) is 32.6. The number of carbonyl (C=O) groups excluding carboxylic acids is 1. The highest BCUT2D eigenvalue weighted by atomic mass is 32.2. The van der Waals surface area contributed by atoms with Crippen molar-refractivity contribution in [2.45, 2.75) is 58.2 Å². The second-order valence-electron chi connectivity index (χ2n) is 10.8. The minimum absolute atomic E-state index is 0.363. The molecular formula is C40H46N2O2S. The Morgan fingerprint density at radius 3 is 2.36 bits per heavy atom. The maximum Gasteiger partial charge on any atom is 0.106 e. The van der Waals surface area contributed by atoms with E-state index in [1.807, 2.05) is 31.6 Å². The number of nitrogens with zero attached hydrogens (tertiary/aromatic N) is 2. The summed E-state index contributed by atoms with van der Waals surface area (Å²) in [6, 6.07) is 22.3. The van der Waals surface area contributed by atoms with E-state index in [0.717, 1.165) is 29.8 Å². The van der Waals surface area contributed by atoms with E-state index in [-0.39, 0.29) is 0 Å². The molecule has 0 saturated carbocycles. The van der Waals surface area contributed by atoms with E-state index in [2.05, 4.69) is 121 Å². The van der Waals surface area contributed by atoms with E-state index in [1.165, 1.54) is 57.8 Å². The number of hydrogen-bond acceptors (Lipinski definition) is 4. The van der Waals surface area contributed by atoms with Gasteiger partial charge < -0.3 is 14.2 Å². The molecule has 1 aromatic heterocycles. The number of carbonyl (C=O) groups is 1. The van der Waals surface area contributed by atoms with Gasteiger partial charge in [-0.3, -0.25) is 0 Å². The van der Waals surface area contributed by atoms with Gasteiger partial charge in [-0.25, -0.2) is 0 Å². The summed E-state index contributed by atoms with van der Waals surface area (Å²) in [4.78, 5) is 13.3. The third kappa shape index (κ3) is 9.32. The first-order valence-corrected chi connectivity index (χ1v) is 16.3. The van der Waals surface area contributed by atoms with Crippen molar-refractivity contribution in [3.05, 3.63) is 144 Å². The van der Waals surface area contributed by atoms with E-state index < -0.39 is 0 Å². The maximum atomic E-state index is 8.00. The van der Waals surface area contributed by atoms with Crippen LogP contribution in [-0.4, -0.2) is 24.2 Å². The average molecular weight is 619 g/mol. The SMILES string of the molecule is C=C/C=C(/C)C=C.C=O.CCCCCn1c2ccc(C/C(=N/OC)c3ccccc3C)cc2c2cc(C3C=CC=CS3)ccc21. The Hall–Kier alpha value is -4.35. The van der Waals surface area contributed by atoms with E-state index >= 15 is 0 Å². The number of benzene rings is 3. The molecule has 0 N–H and O–H groups in total. The predicted octanol–water partition coefficient (Wildman–Crippen LogP) is 10.9. The second kappa shape index (κ2) is 18.5. The summed E-state index contributed by atoms with van der Waals surface area (Å²) in [6.07, 6.45) is 16.4. The Balaban J connectivity index is 0.000000544. The first-order chi connectivity index (χ1) is 22.0. The fourth-order valence-corrected chi connectivity index (χ4v) is 6.26. The van der Waals surface area contributed by atoms with Gasteiger partial charge in [-0.2, -0.15) is 0 Å². The van der Waals surface area contributed by atoms with Crippen LogP contribution in [0.2, 0.25) is 0 Å². The normalized spacial score (nSPS) is 14.4. The Morgan fingerprint density at radius 2 is 1.73 bits per heavy atom. The molecule has 5 heteroatoms. The van der Waals surface area contributed by atoms with Gasteiger partial charge >= 0.3 is 0 Å². The molecule has 1 atom stereocenters. The summed E-state index contributed by atoms with van der Waals surface area (Å²) >= 11 is 1.87. The molecule has 0 radical (unpaired) electrons. The molecule has 0 spiro atoms. The van der Waals surface area contributed by atoms with E-state index in [0.29, 0.717) is 5.25 Å². The minimum Gasteiger partial charge on any atom is -0.399 e. The van der Waals surface area contributed by atoms with Gasteiger partial charge in [0.05, 0.1) is 11.0 Å². The molecule has 2 heterocycles. The summed E-state index contributed by atoms with van der Waals surface area (Å²) in [5.41, 5.74) is 9.69. The van der Waals surface area contributed by atoms with Crippen molar-refractivity contribution in [2.75, 3.05) is 7.11 Å². The summed E-state index contributed by atoms with van der Waals surface area (Å²) in [7, 11) is 1.62. The van der Waals surface area contributed by atoms with Gasteiger partial charge in [-0.05, 0) is 66.6 Å². The third-order valence-electron chi connectivity index (χ3n) is 7.70. The van der Waals surface area contributed by atoms with Gasteiger partial charge in [-0.1, -0.05) is 117 Å². The van der Waals surface area contributed by atoms with Crippen LogP contribution in [0.15, 0.2) is 126 Å². The lowest BCUT2D eigenvalue weighted by atomic mass is 9.97. The highest BCUT2D eigenvalue weighted by molar-refractivity contribution is 8.02. The molecular weight excluding hydrogens is 573 g/mol. The van der Waals surface area contributed by atoms with Crippen molar-refractivity contribution in [3.8, 4) is 0 Å². The van der Waals surface area contributed by atoms with Gasteiger partial charge in [0.25, 0.3) is 0 Å².